The number of hydrogen-bond acceptors (Lipinski definition) is 4. The Morgan fingerprint density at radius 2 is 1.83 bits per heavy atom. The van der Waals surface area contributed by atoms with Crippen LogP contribution in [-0.4, -0.2) is 25.6 Å². The molecule has 2 aromatic rings. The molecular formula is C16H18ClNO4S. The van der Waals surface area contributed by atoms with Crippen molar-refractivity contribution < 1.29 is 17.9 Å². The molecule has 0 N–H and O–H groups in total. The maximum absolute atomic E-state index is 12.3. The molecule has 1 aromatic heterocycles. The van der Waals surface area contributed by atoms with Crippen molar-refractivity contribution in [2.45, 2.75) is 25.2 Å². The molecule has 0 amide bonds. The van der Waals surface area contributed by atoms with E-state index in [0.29, 0.717) is 23.4 Å². The van der Waals surface area contributed by atoms with Crippen LogP contribution >= 0.6 is 10.7 Å². The van der Waals surface area contributed by atoms with Crippen molar-refractivity contribution in [2.24, 2.45) is 7.05 Å². The van der Waals surface area contributed by atoms with E-state index < -0.39 is 15.0 Å². The number of hydrogen-bond donors (Lipinski definition) is 0. The van der Waals surface area contributed by atoms with Gasteiger partial charge in [0.15, 0.2) is 0 Å². The van der Waals surface area contributed by atoms with E-state index in [9.17, 15) is 13.2 Å². The Hall–Kier alpha value is -1.79. The third-order valence-electron chi connectivity index (χ3n) is 3.58. The topological polar surface area (TPSA) is 65.4 Å². The molecule has 23 heavy (non-hydrogen) atoms. The van der Waals surface area contributed by atoms with Crippen LogP contribution in [0.25, 0.3) is 11.3 Å². The Morgan fingerprint density at radius 1 is 1.22 bits per heavy atom. The third kappa shape index (κ3) is 3.28. The average molecular weight is 356 g/mol. The van der Waals surface area contributed by atoms with E-state index in [2.05, 4.69) is 0 Å². The molecule has 1 heterocycles. The lowest BCUT2D eigenvalue weighted by Gasteiger charge is -2.07. The molecule has 0 unspecified atom stereocenters. The van der Waals surface area contributed by atoms with Crippen LogP contribution in [0.4, 0.5) is 0 Å². The van der Waals surface area contributed by atoms with Gasteiger partial charge in [0.1, 0.15) is 10.5 Å². The van der Waals surface area contributed by atoms with Crippen LogP contribution < -0.4 is 0 Å². The number of aromatic nitrogens is 1. The maximum Gasteiger partial charge on any atom is 0.341 e. The summed E-state index contributed by atoms with van der Waals surface area (Å²) in [6.07, 6.45) is 0.469. The number of esters is 1. The molecule has 1 aromatic carbocycles. The van der Waals surface area contributed by atoms with Gasteiger partial charge < -0.3 is 9.30 Å². The van der Waals surface area contributed by atoms with E-state index in [1.165, 1.54) is 0 Å². The monoisotopic (exact) mass is 355 g/mol. The first-order valence-electron chi connectivity index (χ1n) is 7.21. The molecular weight excluding hydrogens is 338 g/mol. The van der Waals surface area contributed by atoms with Crippen LogP contribution in [0.3, 0.4) is 0 Å². The van der Waals surface area contributed by atoms with Crippen molar-refractivity contribution in [2.75, 3.05) is 6.61 Å². The van der Waals surface area contributed by atoms with Crippen molar-refractivity contribution in [3.63, 3.8) is 0 Å². The Morgan fingerprint density at radius 3 is 2.30 bits per heavy atom. The van der Waals surface area contributed by atoms with Gasteiger partial charge in [-0.25, -0.2) is 13.2 Å². The molecule has 0 fully saturated rings. The molecule has 0 spiro atoms. The van der Waals surface area contributed by atoms with Gasteiger partial charge in [0, 0.05) is 23.4 Å². The molecule has 0 saturated carbocycles. The summed E-state index contributed by atoms with van der Waals surface area (Å²) in [5, 5.41) is 0. The van der Waals surface area contributed by atoms with E-state index in [-0.39, 0.29) is 17.1 Å². The van der Waals surface area contributed by atoms with Crippen molar-refractivity contribution in [3.8, 4) is 11.3 Å². The highest BCUT2D eigenvalue weighted by atomic mass is 35.7. The number of rotatable bonds is 5. The van der Waals surface area contributed by atoms with E-state index in [1.807, 2.05) is 13.0 Å². The Labute approximate surface area is 140 Å². The Kier molecular flexibility index (Phi) is 5.16. The van der Waals surface area contributed by atoms with E-state index in [0.717, 1.165) is 0 Å². The zero-order valence-electron chi connectivity index (χ0n) is 13.2. The van der Waals surface area contributed by atoms with E-state index in [1.54, 1.807) is 42.8 Å². The van der Waals surface area contributed by atoms with Gasteiger partial charge in [-0.1, -0.05) is 37.3 Å². The smallest absolute Gasteiger partial charge is 0.341 e. The quantitative estimate of drug-likeness (QED) is 0.609. The van der Waals surface area contributed by atoms with Gasteiger partial charge in [-0.05, 0) is 18.9 Å². The van der Waals surface area contributed by atoms with E-state index >= 15 is 0 Å². The zero-order chi connectivity index (χ0) is 17.2. The van der Waals surface area contributed by atoms with Crippen molar-refractivity contribution in [1.82, 2.24) is 4.57 Å². The van der Waals surface area contributed by atoms with Crippen molar-refractivity contribution in [3.05, 3.63) is 41.6 Å². The van der Waals surface area contributed by atoms with Gasteiger partial charge in [0.2, 0.25) is 0 Å². The summed E-state index contributed by atoms with van der Waals surface area (Å²) in [5.41, 5.74) is 1.65. The highest BCUT2D eigenvalue weighted by molar-refractivity contribution is 8.14. The number of ether oxygens (including phenoxy) is 1. The minimum absolute atomic E-state index is 0.0192. The summed E-state index contributed by atoms with van der Waals surface area (Å²) in [4.78, 5) is 12.1. The summed E-state index contributed by atoms with van der Waals surface area (Å²) >= 11 is 0. The first kappa shape index (κ1) is 17.6. The van der Waals surface area contributed by atoms with Gasteiger partial charge in [-0.15, -0.1) is 0 Å². The lowest BCUT2D eigenvalue weighted by atomic mass is 10.1. The zero-order valence-corrected chi connectivity index (χ0v) is 14.7. The average Bonchev–Trinajstić information content (AvgIpc) is 2.81. The standard InChI is InChI=1S/C16H18ClNO4S/c1-4-12-13(16(19)22-5-2)15(23(17,20)21)14(18(12)3)11-9-7-6-8-10-11/h6-10H,4-5H2,1-3H3. The van der Waals surface area contributed by atoms with Crippen molar-refractivity contribution >= 4 is 25.7 Å². The predicted octanol–water partition coefficient (Wildman–Crippen LogP) is 3.36. The normalized spacial score (nSPS) is 11.5. The van der Waals surface area contributed by atoms with E-state index in [4.69, 9.17) is 15.4 Å². The Bertz CT molecular complexity index is 826. The van der Waals surface area contributed by atoms with Gasteiger partial charge in [-0.2, -0.15) is 0 Å². The van der Waals surface area contributed by atoms with Crippen LogP contribution in [-0.2, 0) is 27.3 Å². The highest BCUT2D eigenvalue weighted by Crippen LogP contribution is 2.37. The molecule has 0 bridgehead atoms. The minimum atomic E-state index is -4.14. The van der Waals surface area contributed by atoms with Crippen LogP contribution in [0.15, 0.2) is 35.2 Å². The second kappa shape index (κ2) is 6.76. The summed E-state index contributed by atoms with van der Waals surface area (Å²) in [6, 6.07) is 8.96. The number of halogens is 1. The van der Waals surface area contributed by atoms with Crippen LogP contribution in [0.5, 0.6) is 0 Å². The summed E-state index contributed by atoms with van der Waals surface area (Å²) in [5.74, 6) is -0.679. The number of nitrogens with zero attached hydrogens (tertiary/aromatic N) is 1. The SMILES string of the molecule is CCOC(=O)c1c(S(=O)(=O)Cl)c(-c2ccccc2)n(C)c1CC. The first-order valence-corrected chi connectivity index (χ1v) is 9.52. The number of benzene rings is 1. The fourth-order valence-electron chi connectivity index (χ4n) is 2.69. The summed E-state index contributed by atoms with van der Waals surface area (Å²) in [6.45, 7) is 3.66. The number of carbonyl (C=O) groups excluding carboxylic acids is 1. The molecule has 0 radical (unpaired) electrons. The summed E-state index contributed by atoms with van der Waals surface area (Å²) < 4.78 is 31.1. The van der Waals surface area contributed by atoms with Crippen LogP contribution in [0.2, 0.25) is 0 Å². The first-order chi connectivity index (χ1) is 10.8. The van der Waals surface area contributed by atoms with Gasteiger partial charge in [-0.3, -0.25) is 0 Å². The predicted molar refractivity (Wildman–Crippen MR) is 89.2 cm³/mol. The van der Waals surface area contributed by atoms with Crippen molar-refractivity contribution in [1.29, 1.82) is 0 Å². The fraction of sp³-hybridized carbons (Fsp3) is 0.312. The molecule has 5 nitrogen and oxygen atoms in total. The second-order valence-electron chi connectivity index (χ2n) is 4.94. The largest absolute Gasteiger partial charge is 0.462 e. The molecule has 124 valence electrons. The van der Waals surface area contributed by atoms with Crippen LogP contribution in [0, 0.1) is 0 Å². The molecule has 2 rings (SSSR count). The third-order valence-corrected chi connectivity index (χ3v) is 4.92. The molecule has 0 aliphatic heterocycles. The molecule has 0 atom stereocenters. The highest BCUT2D eigenvalue weighted by Gasteiger charge is 2.33. The molecule has 0 saturated heterocycles. The molecule has 7 heteroatoms. The second-order valence-corrected chi connectivity index (χ2v) is 7.44. The molecule has 0 aliphatic rings. The van der Waals surface area contributed by atoms with Gasteiger partial charge in [0.25, 0.3) is 9.05 Å². The van der Waals surface area contributed by atoms with Gasteiger partial charge in [0.05, 0.1) is 12.3 Å². The summed E-state index contributed by atoms with van der Waals surface area (Å²) in [7, 11) is 3.24. The number of carbonyl (C=O) groups is 1. The maximum atomic E-state index is 12.3. The fourth-order valence-corrected chi connectivity index (χ4v) is 4.07. The Balaban J connectivity index is 2.90. The lowest BCUT2D eigenvalue weighted by Crippen LogP contribution is -2.10. The van der Waals surface area contributed by atoms with Crippen LogP contribution in [0.1, 0.15) is 29.9 Å². The lowest BCUT2D eigenvalue weighted by molar-refractivity contribution is 0.0521. The van der Waals surface area contributed by atoms with Gasteiger partial charge >= 0.3 is 5.97 Å². The minimum Gasteiger partial charge on any atom is -0.462 e. The molecule has 0 aliphatic carbocycles.